The summed E-state index contributed by atoms with van der Waals surface area (Å²) in [6.07, 6.45) is -3.97. The van der Waals surface area contributed by atoms with Crippen LogP contribution in [-0.2, 0) is 10.9 Å². The van der Waals surface area contributed by atoms with E-state index in [0.717, 1.165) is 18.6 Å². The van der Waals surface area contributed by atoms with Gasteiger partial charge in [-0.15, -0.1) is 0 Å². The number of carbonyl (C=O) groups is 1. The fourth-order valence-corrected chi connectivity index (χ4v) is 2.30. The molecule has 3 nitrogen and oxygen atoms in total. The van der Waals surface area contributed by atoms with E-state index in [0.29, 0.717) is 18.7 Å². The number of alkyl halides is 3. The molecule has 0 bridgehead atoms. The quantitative estimate of drug-likeness (QED) is 0.659. The van der Waals surface area contributed by atoms with Crippen LogP contribution in [0.4, 0.5) is 18.0 Å². The number of carbonyl (C=O) groups excluding carboxylic acids is 1. The molecule has 0 N–H and O–H groups in total. The van der Waals surface area contributed by atoms with Gasteiger partial charge in [0, 0.05) is 24.6 Å². The van der Waals surface area contributed by atoms with Crippen LogP contribution in [0, 0.1) is 17.8 Å². The normalized spacial score (nSPS) is 18.1. The Balaban J connectivity index is 1.94. The first-order chi connectivity index (χ1) is 11.0. The van der Waals surface area contributed by atoms with Crippen LogP contribution in [0.3, 0.4) is 0 Å². The van der Waals surface area contributed by atoms with Crippen molar-refractivity contribution >= 4 is 6.09 Å². The Morgan fingerprint density at radius 3 is 2.38 bits per heavy atom. The number of ether oxygens (including phenoxy) is 1. The van der Waals surface area contributed by atoms with Gasteiger partial charge in [0.05, 0.1) is 5.56 Å². The fraction of sp³-hybridized carbons (Fsp3) is 0.500. The van der Waals surface area contributed by atoms with Crippen LogP contribution in [0.15, 0.2) is 24.3 Å². The Hall–Kier alpha value is -2.16. The van der Waals surface area contributed by atoms with Gasteiger partial charge >= 0.3 is 12.3 Å². The van der Waals surface area contributed by atoms with E-state index in [1.807, 2.05) is 20.8 Å². The summed E-state index contributed by atoms with van der Waals surface area (Å²) in [7, 11) is 0. The highest BCUT2D eigenvalue weighted by Gasteiger charge is 2.30. The molecule has 1 aliphatic rings. The standard InChI is InChI=1S/C18H20F3NO2/c1-17(2,3)24-16(23)22-11-10-14(12-22)5-4-13-6-8-15(9-7-13)18(19,20)21/h6-9,14H,10-12H2,1-3H3. The smallest absolute Gasteiger partial charge is 0.416 e. The molecule has 1 amide bonds. The maximum absolute atomic E-state index is 12.5. The second-order valence-electron chi connectivity index (χ2n) is 6.76. The Morgan fingerprint density at radius 1 is 1.21 bits per heavy atom. The van der Waals surface area contributed by atoms with Crippen molar-refractivity contribution in [3.05, 3.63) is 35.4 Å². The summed E-state index contributed by atoms with van der Waals surface area (Å²) in [6, 6.07) is 4.75. The number of hydrogen-bond donors (Lipinski definition) is 0. The lowest BCUT2D eigenvalue weighted by Gasteiger charge is -2.24. The van der Waals surface area contributed by atoms with Crippen LogP contribution in [0.1, 0.15) is 38.3 Å². The number of rotatable bonds is 0. The van der Waals surface area contributed by atoms with E-state index < -0.39 is 17.3 Å². The van der Waals surface area contributed by atoms with Gasteiger partial charge in [-0.25, -0.2) is 4.79 Å². The molecule has 0 radical (unpaired) electrons. The molecule has 1 atom stereocenters. The first-order valence-electron chi connectivity index (χ1n) is 7.71. The highest BCUT2D eigenvalue weighted by molar-refractivity contribution is 5.68. The summed E-state index contributed by atoms with van der Waals surface area (Å²) in [4.78, 5) is 13.6. The second-order valence-corrected chi connectivity index (χ2v) is 6.76. The molecule has 0 saturated carbocycles. The zero-order valence-electron chi connectivity index (χ0n) is 13.9. The summed E-state index contributed by atoms with van der Waals surface area (Å²) in [5, 5.41) is 0. The van der Waals surface area contributed by atoms with Gasteiger partial charge in [0.1, 0.15) is 5.60 Å². The molecule has 1 saturated heterocycles. The summed E-state index contributed by atoms with van der Waals surface area (Å²) in [6.45, 7) is 6.47. The van der Waals surface area contributed by atoms with E-state index in [2.05, 4.69) is 11.8 Å². The fourth-order valence-electron chi connectivity index (χ4n) is 2.30. The van der Waals surface area contributed by atoms with Gasteiger partial charge in [0.15, 0.2) is 0 Å². The molecule has 1 unspecified atom stereocenters. The van der Waals surface area contributed by atoms with E-state index in [-0.39, 0.29) is 12.0 Å². The maximum atomic E-state index is 12.5. The van der Waals surface area contributed by atoms with Crippen molar-refractivity contribution in [2.75, 3.05) is 13.1 Å². The van der Waals surface area contributed by atoms with Crippen molar-refractivity contribution in [3.8, 4) is 11.8 Å². The molecule has 6 heteroatoms. The van der Waals surface area contributed by atoms with Crippen LogP contribution in [0.25, 0.3) is 0 Å². The van der Waals surface area contributed by atoms with E-state index in [1.54, 1.807) is 4.90 Å². The van der Waals surface area contributed by atoms with Gasteiger partial charge in [0.25, 0.3) is 0 Å². The van der Waals surface area contributed by atoms with Gasteiger partial charge in [-0.05, 0) is 51.5 Å². The highest BCUT2D eigenvalue weighted by Crippen LogP contribution is 2.29. The first-order valence-corrected chi connectivity index (χ1v) is 7.71. The summed E-state index contributed by atoms with van der Waals surface area (Å²) < 4.78 is 42.8. The van der Waals surface area contributed by atoms with Gasteiger partial charge in [-0.1, -0.05) is 11.8 Å². The Labute approximate surface area is 139 Å². The number of likely N-dealkylation sites (tertiary alicyclic amines) is 1. The third kappa shape index (κ3) is 5.19. The molecule has 1 aromatic rings. The summed E-state index contributed by atoms with van der Waals surface area (Å²) in [5.74, 6) is 5.90. The highest BCUT2D eigenvalue weighted by atomic mass is 19.4. The van der Waals surface area contributed by atoms with E-state index in [9.17, 15) is 18.0 Å². The molecular formula is C18H20F3NO2. The van der Waals surface area contributed by atoms with E-state index >= 15 is 0 Å². The molecule has 1 fully saturated rings. The topological polar surface area (TPSA) is 29.5 Å². The van der Waals surface area contributed by atoms with Crippen molar-refractivity contribution in [3.63, 3.8) is 0 Å². The Morgan fingerprint density at radius 2 is 1.83 bits per heavy atom. The van der Waals surface area contributed by atoms with Crippen LogP contribution in [0.5, 0.6) is 0 Å². The van der Waals surface area contributed by atoms with E-state index in [4.69, 9.17) is 4.74 Å². The molecule has 1 aromatic carbocycles. The van der Waals surface area contributed by atoms with Crippen LogP contribution in [-0.4, -0.2) is 29.7 Å². The molecule has 0 aliphatic carbocycles. The predicted octanol–water partition coefficient (Wildman–Crippen LogP) is 4.31. The number of benzene rings is 1. The zero-order valence-corrected chi connectivity index (χ0v) is 13.9. The molecule has 0 aromatic heterocycles. The third-order valence-corrected chi connectivity index (χ3v) is 3.47. The van der Waals surface area contributed by atoms with Gasteiger partial charge in [-0.2, -0.15) is 13.2 Å². The molecule has 1 heterocycles. The van der Waals surface area contributed by atoms with Crippen LogP contribution >= 0.6 is 0 Å². The third-order valence-electron chi connectivity index (χ3n) is 3.47. The van der Waals surface area contributed by atoms with Crippen LogP contribution < -0.4 is 0 Å². The molecule has 130 valence electrons. The minimum Gasteiger partial charge on any atom is -0.444 e. The van der Waals surface area contributed by atoms with Crippen molar-refractivity contribution < 1.29 is 22.7 Å². The number of hydrogen-bond acceptors (Lipinski definition) is 2. The van der Waals surface area contributed by atoms with Crippen molar-refractivity contribution in [2.45, 2.75) is 39.0 Å². The molecular weight excluding hydrogens is 319 g/mol. The first kappa shape index (κ1) is 18.2. The van der Waals surface area contributed by atoms with E-state index in [1.165, 1.54) is 12.1 Å². The SMILES string of the molecule is CC(C)(C)OC(=O)N1CCC(C#Cc2ccc(C(F)(F)F)cc2)C1. The summed E-state index contributed by atoms with van der Waals surface area (Å²) >= 11 is 0. The van der Waals surface area contributed by atoms with Gasteiger partial charge < -0.3 is 9.64 Å². The molecule has 2 rings (SSSR count). The zero-order chi connectivity index (χ0) is 18.0. The lowest BCUT2D eigenvalue weighted by molar-refractivity contribution is -0.137. The predicted molar refractivity (Wildman–Crippen MR) is 84.2 cm³/mol. The average molecular weight is 339 g/mol. The maximum Gasteiger partial charge on any atom is 0.416 e. The van der Waals surface area contributed by atoms with Crippen molar-refractivity contribution in [2.24, 2.45) is 5.92 Å². The van der Waals surface area contributed by atoms with Gasteiger partial charge in [-0.3, -0.25) is 0 Å². The van der Waals surface area contributed by atoms with Crippen molar-refractivity contribution in [1.82, 2.24) is 4.90 Å². The van der Waals surface area contributed by atoms with Gasteiger partial charge in [0.2, 0.25) is 0 Å². The number of halogens is 3. The molecule has 1 aliphatic heterocycles. The monoisotopic (exact) mass is 339 g/mol. The lowest BCUT2D eigenvalue weighted by atomic mass is 10.1. The minimum absolute atomic E-state index is 0.000175. The van der Waals surface area contributed by atoms with Crippen molar-refractivity contribution in [1.29, 1.82) is 0 Å². The number of nitrogens with zero attached hydrogens (tertiary/aromatic N) is 1. The second kappa shape index (κ2) is 6.76. The average Bonchev–Trinajstić information content (AvgIpc) is 2.92. The summed E-state index contributed by atoms with van der Waals surface area (Å²) in [5.41, 5.74) is -0.704. The largest absolute Gasteiger partial charge is 0.444 e. The minimum atomic E-state index is -4.34. The lowest BCUT2D eigenvalue weighted by Crippen LogP contribution is -2.35. The van der Waals surface area contributed by atoms with Crippen LogP contribution in [0.2, 0.25) is 0 Å². The number of amides is 1. The molecule has 0 spiro atoms. The molecule has 24 heavy (non-hydrogen) atoms. The Kier molecular flexibility index (Phi) is 5.12. The Bertz CT molecular complexity index is 648.